The van der Waals surface area contributed by atoms with E-state index in [2.05, 4.69) is 32.4 Å². The normalized spacial score (nSPS) is 23.8. The van der Waals surface area contributed by atoms with Gasteiger partial charge in [0.15, 0.2) is 0 Å². The molecule has 2 atom stereocenters. The van der Waals surface area contributed by atoms with Crippen LogP contribution in [0, 0.1) is 13.8 Å². The van der Waals surface area contributed by atoms with Gasteiger partial charge >= 0.3 is 5.69 Å². The number of rotatable bonds is 7. The highest BCUT2D eigenvalue weighted by Gasteiger charge is 2.34. The highest BCUT2D eigenvalue weighted by Crippen LogP contribution is 2.23. The Morgan fingerprint density at radius 3 is 2.48 bits per heavy atom. The van der Waals surface area contributed by atoms with Gasteiger partial charge in [0.2, 0.25) is 5.91 Å². The molecule has 3 N–H and O–H groups in total. The summed E-state index contributed by atoms with van der Waals surface area (Å²) in [7, 11) is 0. The Labute approximate surface area is 161 Å². The molecule has 1 aliphatic heterocycles. The van der Waals surface area contributed by atoms with Crippen LogP contribution in [-0.2, 0) is 11.2 Å². The summed E-state index contributed by atoms with van der Waals surface area (Å²) in [6.07, 6.45) is 5.61. The van der Waals surface area contributed by atoms with Crippen LogP contribution in [0.15, 0.2) is 4.79 Å². The van der Waals surface area contributed by atoms with Gasteiger partial charge in [-0.2, -0.15) is 4.98 Å². The van der Waals surface area contributed by atoms with Gasteiger partial charge in [-0.3, -0.25) is 4.79 Å². The van der Waals surface area contributed by atoms with Gasteiger partial charge in [-0.05, 0) is 71.1 Å². The number of piperidine rings is 1. The number of H-pyrrole nitrogens is 1. The number of carbonyl (C=O) groups excluding carboxylic acids is 1. The van der Waals surface area contributed by atoms with Gasteiger partial charge in [0.1, 0.15) is 0 Å². The smallest absolute Gasteiger partial charge is 0.345 e. The van der Waals surface area contributed by atoms with E-state index < -0.39 is 0 Å². The quantitative estimate of drug-likeness (QED) is 0.663. The Kier molecular flexibility index (Phi) is 6.65. The van der Waals surface area contributed by atoms with Crippen LogP contribution in [-0.4, -0.2) is 58.5 Å². The first kappa shape index (κ1) is 20.0. The number of hydrogen-bond donors (Lipinski definition) is 3. The number of nitrogens with zero attached hydrogens (tertiary/aromatic N) is 2. The maximum atomic E-state index is 12.4. The van der Waals surface area contributed by atoms with E-state index in [-0.39, 0.29) is 17.6 Å². The molecule has 150 valence electrons. The molecule has 1 saturated carbocycles. The van der Waals surface area contributed by atoms with Gasteiger partial charge in [-0.25, -0.2) is 4.79 Å². The lowest BCUT2D eigenvalue weighted by atomic mass is 9.84. The predicted octanol–water partition coefficient (Wildman–Crippen LogP) is 1.04. The molecule has 2 heterocycles. The molecule has 0 bridgehead atoms. The summed E-state index contributed by atoms with van der Waals surface area (Å²) < 4.78 is 0. The third-order valence-corrected chi connectivity index (χ3v) is 6.16. The first-order valence-corrected chi connectivity index (χ1v) is 10.3. The van der Waals surface area contributed by atoms with Crippen LogP contribution < -0.4 is 16.3 Å². The minimum atomic E-state index is -0.327. The molecular weight excluding hydrogens is 342 g/mol. The zero-order valence-corrected chi connectivity index (χ0v) is 16.8. The monoisotopic (exact) mass is 375 g/mol. The van der Waals surface area contributed by atoms with E-state index in [1.54, 1.807) is 0 Å². The Hall–Kier alpha value is -1.73. The third kappa shape index (κ3) is 5.17. The minimum Gasteiger partial charge on any atom is -0.352 e. The molecule has 1 aromatic rings. The van der Waals surface area contributed by atoms with Crippen LogP contribution in [0.1, 0.15) is 56.0 Å². The van der Waals surface area contributed by atoms with Crippen molar-refractivity contribution in [2.45, 2.75) is 77.4 Å². The molecule has 0 radical (unpaired) electrons. The van der Waals surface area contributed by atoms with Crippen molar-refractivity contribution in [2.24, 2.45) is 0 Å². The molecule has 1 aromatic heterocycles. The van der Waals surface area contributed by atoms with Crippen molar-refractivity contribution in [1.29, 1.82) is 0 Å². The second kappa shape index (κ2) is 8.97. The zero-order chi connectivity index (χ0) is 19.4. The van der Waals surface area contributed by atoms with Crippen LogP contribution in [0.3, 0.4) is 0 Å². The fourth-order valence-corrected chi connectivity index (χ4v) is 4.23. The second-order valence-corrected chi connectivity index (χ2v) is 7.96. The van der Waals surface area contributed by atoms with Gasteiger partial charge < -0.3 is 20.5 Å². The topological polar surface area (TPSA) is 90.1 Å². The zero-order valence-electron chi connectivity index (χ0n) is 16.8. The van der Waals surface area contributed by atoms with Crippen LogP contribution >= 0.6 is 0 Å². The van der Waals surface area contributed by atoms with Crippen molar-refractivity contribution in [2.75, 3.05) is 19.6 Å². The Morgan fingerprint density at radius 2 is 1.89 bits per heavy atom. The number of nitrogens with one attached hydrogen (secondary N) is 3. The first-order valence-electron chi connectivity index (χ1n) is 10.3. The molecular formula is C20H33N5O2. The average molecular weight is 376 g/mol. The molecule has 1 saturated heterocycles. The van der Waals surface area contributed by atoms with Gasteiger partial charge in [0, 0.05) is 35.9 Å². The van der Waals surface area contributed by atoms with Crippen molar-refractivity contribution >= 4 is 5.91 Å². The molecule has 27 heavy (non-hydrogen) atoms. The standard InChI is InChI=1S/C20H33N5O2/c1-4-25-11-9-15(10-12-25)23-17-6-7-18(17)24-19(26)8-5-16-13(2)21-20(27)22-14(16)3/h15,17-18,23H,4-12H2,1-3H3,(H,24,26)(H,21,22,27)/t17-,18+/m1/s1. The van der Waals surface area contributed by atoms with Crippen LogP contribution in [0.25, 0.3) is 0 Å². The van der Waals surface area contributed by atoms with Gasteiger partial charge in [-0.1, -0.05) is 6.92 Å². The maximum absolute atomic E-state index is 12.4. The maximum Gasteiger partial charge on any atom is 0.345 e. The first-order chi connectivity index (χ1) is 13.0. The summed E-state index contributed by atoms with van der Waals surface area (Å²) >= 11 is 0. The molecule has 1 aliphatic carbocycles. The number of aromatic nitrogens is 2. The second-order valence-electron chi connectivity index (χ2n) is 7.96. The van der Waals surface area contributed by atoms with Gasteiger partial charge in [0.25, 0.3) is 0 Å². The molecule has 7 nitrogen and oxygen atoms in total. The predicted molar refractivity (Wildman–Crippen MR) is 106 cm³/mol. The summed E-state index contributed by atoms with van der Waals surface area (Å²) in [6, 6.07) is 1.23. The summed E-state index contributed by atoms with van der Waals surface area (Å²) in [5.41, 5.74) is 2.16. The number of aryl methyl sites for hydroxylation is 2. The lowest BCUT2D eigenvalue weighted by molar-refractivity contribution is -0.122. The van der Waals surface area contributed by atoms with E-state index in [9.17, 15) is 9.59 Å². The summed E-state index contributed by atoms with van der Waals surface area (Å²) in [4.78, 5) is 32.9. The molecule has 0 aromatic carbocycles. The van der Waals surface area contributed by atoms with E-state index in [1.165, 1.54) is 25.9 Å². The van der Waals surface area contributed by atoms with Crippen LogP contribution in [0.4, 0.5) is 0 Å². The Bertz CT molecular complexity index is 683. The lowest BCUT2D eigenvalue weighted by Crippen LogP contribution is -2.60. The summed E-state index contributed by atoms with van der Waals surface area (Å²) in [5, 5.41) is 6.95. The number of carbonyl (C=O) groups is 1. The fraction of sp³-hybridized carbons (Fsp3) is 0.750. The van der Waals surface area contributed by atoms with E-state index >= 15 is 0 Å². The van der Waals surface area contributed by atoms with Crippen molar-refractivity contribution in [3.05, 3.63) is 27.4 Å². The molecule has 2 aliphatic rings. The largest absolute Gasteiger partial charge is 0.352 e. The lowest BCUT2D eigenvalue weighted by Gasteiger charge is -2.42. The summed E-state index contributed by atoms with van der Waals surface area (Å²) in [5.74, 6) is 0.0808. The van der Waals surface area contributed by atoms with E-state index in [0.717, 1.165) is 30.6 Å². The average Bonchev–Trinajstić information content (AvgIpc) is 2.63. The molecule has 3 rings (SSSR count). The fourth-order valence-electron chi connectivity index (χ4n) is 4.23. The third-order valence-electron chi connectivity index (χ3n) is 6.16. The minimum absolute atomic E-state index is 0.0808. The molecule has 1 amide bonds. The van der Waals surface area contributed by atoms with Crippen molar-refractivity contribution < 1.29 is 4.79 Å². The molecule has 7 heteroatoms. The number of likely N-dealkylation sites (tertiary alicyclic amines) is 1. The van der Waals surface area contributed by atoms with Crippen molar-refractivity contribution in [1.82, 2.24) is 25.5 Å². The van der Waals surface area contributed by atoms with Crippen LogP contribution in [0.5, 0.6) is 0 Å². The highest BCUT2D eigenvalue weighted by atomic mass is 16.2. The summed E-state index contributed by atoms with van der Waals surface area (Å²) in [6.45, 7) is 9.38. The van der Waals surface area contributed by atoms with Crippen molar-refractivity contribution in [3.8, 4) is 0 Å². The van der Waals surface area contributed by atoms with E-state index in [1.807, 2.05) is 13.8 Å². The Balaban J connectivity index is 1.43. The Morgan fingerprint density at radius 1 is 1.19 bits per heavy atom. The van der Waals surface area contributed by atoms with E-state index in [4.69, 9.17) is 0 Å². The molecule has 2 fully saturated rings. The number of hydrogen-bond acceptors (Lipinski definition) is 5. The van der Waals surface area contributed by atoms with Gasteiger partial charge in [0.05, 0.1) is 0 Å². The van der Waals surface area contributed by atoms with Crippen molar-refractivity contribution in [3.63, 3.8) is 0 Å². The SMILES string of the molecule is CCN1CCC(N[C@@H]2CC[C@@H]2NC(=O)CCc2c(C)nc(=O)[nH]c2C)CC1. The van der Waals surface area contributed by atoms with Gasteiger partial charge in [-0.15, -0.1) is 0 Å². The molecule has 0 unspecified atom stereocenters. The highest BCUT2D eigenvalue weighted by molar-refractivity contribution is 5.76. The van der Waals surface area contributed by atoms with E-state index in [0.29, 0.717) is 30.6 Å². The van der Waals surface area contributed by atoms with Crippen LogP contribution in [0.2, 0.25) is 0 Å². The number of aromatic amines is 1. The molecule has 0 spiro atoms. The number of amides is 1.